The van der Waals surface area contributed by atoms with Crippen molar-refractivity contribution in [3.63, 3.8) is 0 Å². The normalized spacial score (nSPS) is 15.0. The summed E-state index contributed by atoms with van der Waals surface area (Å²) in [6.07, 6.45) is 6.98. The predicted molar refractivity (Wildman–Crippen MR) is 203 cm³/mol. The Hall–Kier alpha value is -6.32. The lowest BCUT2D eigenvalue weighted by atomic mass is 9.69. The topological polar surface area (TPSA) is 38.9 Å². The number of furan rings is 1. The Kier molecular flexibility index (Phi) is 5.71. The van der Waals surface area contributed by atoms with Gasteiger partial charge < -0.3 is 4.42 Å². The summed E-state index contributed by atoms with van der Waals surface area (Å²) in [7, 11) is 0. The molecule has 0 saturated heterocycles. The first-order valence-corrected chi connectivity index (χ1v) is 17.4. The van der Waals surface area contributed by atoms with Crippen LogP contribution in [0.1, 0.15) is 35.1 Å². The lowest BCUT2D eigenvalue weighted by Crippen LogP contribution is -2.26. The third-order valence-corrected chi connectivity index (χ3v) is 11.0. The smallest absolute Gasteiger partial charge is 0.161 e. The van der Waals surface area contributed by atoms with Gasteiger partial charge in [-0.3, -0.25) is 0 Å². The van der Waals surface area contributed by atoms with Gasteiger partial charge in [-0.25, -0.2) is 9.97 Å². The highest BCUT2D eigenvalue weighted by Crippen LogP contribution is 2.65. The molecule has 3 nitrogen and oxygen atoms in total. The van der Waals surface area contributed by atoms with Crippen LogP contribution in [0, 0.1) is 0 Å². The highest BCUT2D eigenvalue weighted by Gasteiger charge is 2.54. The number of hydrogen-bond donors (Lipinski definition) is 0. The van der Waals surface area contributed by atoms with E-state index in [9.17, 15) is 0 Å². The minimum atomic E-state index is -0.373. The molecule has 2 heterocycles. The number of fused-ring (bicyclic) bond motifs is 14. The van der Waals surface area contributed by atoms with Gasteiger partial charge in [-0.05, 0) is 63.9 Å². The van der Waals surface area contributed by atoms with Crippen LogP contribution in [0.5, 0.6) is 0 Å². The monoisotopic (exact) mass is 638 g/mol. The van der Waals surface area contributed by atoms with Gasteiger partial charge in [0.25, 0.3) is 0 Å². The van der Waals surface area contributed by atoms with E-state index in [1.54, 1.807) is 0 Å². The van der Waals surface area contributed by atoms with Crippen LogP contribution in [0.3, 0.4) is 0 Å². The molecule has 0 atom stereocenters. The zero-order valence-corrected chi connectivity index (χ0v) is 27.2. The Balaban J connectivity index is 1.20. The molecule has 50 heavy (non-hydrogen) atoms. The van der Waals surface area contributed by atoms with Crippen LogP contribution in [0.4, 0.5) is 0 Å². The molecule has 2 aromatic heterocycles. The maximum absolute atomic E-state index is 6.99. The van der Waals surface area contributed by atoms with E-state index < -0.39 is 0 Å². The van der Waals surface area contributed by atoms with Gasteiger partial charge in [0.1, 0.15) is 11.2 Å². The minimum Gasteiger partial charge on any atom is -0.455 e. The molecule has 6 aromatic carbocycles. The lowest BCUT2D eigenvalue weighted by Gasteiger charge is -2.31. The van der Waals surface area contributed by atoms with E-state index in [0.29, 0.717) is 5.82 Å². The fraction of sp³-hybridized carbons (Fsp3) is 0.0638. The SMILES string of the molecule is C1=C2C(=CCC1)C1(c3ccccc3-c3ccccc31)c1ccc3c(oc4cccc(-c5nc(-c6ccccc6)cc(-c6ccccc6)n5)c43)c12. The van der Waals surface area contributed by atoms with Crippen molar-refractivity contribution >= 4 is 27.5 Å². The highest BCUT2D eigenvalue weighted by atomic mass is 16.3. The van der Waals surface area contributed by atoms with Crippen LogP contribution in [0.25, 0.3) is 72.5 Å². The quantitative estimate of drug-likeness (QED) is 0.193. The van der Waals surface area contributed by atoms with Crippen molar-refractivity contribution in [3.8, 4) is 45.0 Å². The maximum Gasteiger partial charge on any atom is 0.161 e. The Labute approximate surface area is 289 Å². The molecule has 1 spiro atoms. The third-order valence-electron chi connectivity index (χ3n) is 11.0. The molecule has 3 aliphatic carbocycles. The van der Waals surface area contributed by atoms with E-state index in [1.807, 2.05) is 12.1 Å². The second kappa shape index (κ2) is 10.3. The summed E-state index contributed by atoms with van der Waals surface area (Å²) in [6, 6.07) is 51.7. The summed E-state index contributed by atoms with van der Waals surface area (Å²) >= 11 is 0. The number of aromatic nitrogens is 2. The van der Waals surface area contributed by atoms with Gasteiger partial charge in [-0.15, -0.1) is 0 Å². The van der Waals surface area contributed by atoms with Gasteiger partial charge in [0.05, 0.1) is 16.8 Å². The number of allylic oxidation sites excluding steroid dienone is 4. The molecule has 3 aliphatic rings. The summed E-state index contributed by atoms with van der Waals surface area (Å²) in [4.78, 5) is 10.4. The molecule has 0 aliphatic heterocycles. The second-order valence-electron chi connectivity index (χ2n) is 13.5. The summed E-state index contributed by atoms with van der Waals surface area (Å²) in [5, 5.41) is 2.14. The fourth-order valence-electron chi connectivity index (χ4n) is 8.96. The number of nitrogens with zero attached hydrogens (tertiary/aromatic N) is 2. The first kappa shape index (κ1) is 27.6. The standard InChI is InChI=1S/C47H30N2O/c1-3-14-29(15-4-1)40-28-41(30-16-5-2-6-17-30)49-46(48-40)35-21-13-25-42-43(35)34-26-27-39-44(45(34)50-42)33-20-9-12-24-38(33)47(39)36-22-10-7-18-31(36)32-19-8-11-23-37(32)47/h1-8,10-11,13-28H,9,12H2. The highest BCUT2D eigenvalue weighted by molar-refractivity contribution is 6.17. The molecular formula is C47H30N2O. The number of rotatable bonds is 3. The van der Waals surface area contributed by atoms with E-state index in [1.165, 1.54) is 44.5 Å². The summed E-state index contributed by atoms with van der Waals surface area (Å²) in [5.74, 6) is 0.687. The average molecular weight is 639 g/mol. The first-order valence-electron chi connectivity index (χ1n) is 17.4. The van der Waals surface area contributed by atoms with Crippen molar-refractivity contribution < 1.29 is 4.42 Å². The molecule has 0 unspecified atom stereocenters. The van der Waals surface area contributed by atoms with Crippen molar-refractivity contribution in [3.05, 3.63) is 186 Å². The summed E-state index contributed by atoms with van der Waals surface area (Å²) < 4.78 is 6.99. The molecule has 0 fully saturated rings. The van der Waals surface area contributed by atoms with Crippen molar-refractivity contribution in [1.82, 2.24) is 9.97 Å². The van der Waals surface area contributed by atoms with Crippen LogP contribution >= 0.6 is 0 Å². The Morgan fingerprint density at radius 2 is 1.12 bits per heavy atom. The maximum atomic E-state index is 6.99. The van der Waals surface area contributed by atoms with Crippen LogP contribution < -0.4 is 0 Å². The van der Waals surface area contributed by atoms with E-state index in [2.05, 4.69) is 146 Å². The molecule has 0 radical (unpaired) electrons. The van der Waals surface area contributed by atoms with Gasteiger partial charge in [0, 0.05) is 33.0 Å². The van der Waals surface area contributed by atoms with Gasteiger partial charge in [-0.2, -0.15) is 0 Å². The second-order valence-corrected chi connectivity index (χ2v) is 13.5. The van der Waals surface area contributed by atoms with Gasteiger partial charge in [-0.1, -0.05) is 146 Å². The zero-order chi connectivity index (χ0) is 32.8. The van der Waals surface area contributed by atoms with Gasteiger partial charge in [0.2, 0.25) is 0 Å². The molecule has 11 rings (SSSR count). The molecular weight excluding hydrogens is 609 g/mol. The molecule has 0 saturated carbocycles. The van der Waals surface area contributed by atoms with E-state index in [-0.39, 0.29) is 5.41 Å². The van der Waals surface area contributed by atoms with Crippen molar-refractivity contribution in [2.45, 2.75) is 18.3 Å². The van der Waals surface area contributed by atoms with Crippen molar-refractivity contribution in [1.29, 1.82) is 0 Å². The molecule has 0 amide bonds. The fourth-order valence-corrected chi connectivity index (χ4v) is 8.96. The van der Waals surface area contributed by atoms with E-state index in [0.717, 1.165) is 62.9 Å². The van der Waals surface area contributed by atoms with Gasteiger partial charge in [0.15, 0.2) is 5.82 Å². The summed E-state index contributed by atoms with van der Waals surface area (Å²) in [5.41, 5.74) is 16.8. The molecule has 234 valence electrons. The van der Waals surface area contributed by atoms with E-state index in [4.69, 9.17) is 14.4 Å². The summed E-state index contributed by atoms with van der Waals surface area (Å²) in [6.45, 7) is 0. The van der Waals surface area contributed by atoms with Crippen molar-refractivity contribution in [2.75, 3.05) is 0 Å². The van der Waals surface area contributed by atoms with Crippen LogP contribution in [0.15, 0.2) is 168 Å². The van der Waals surface area contributed by atoms with Crippen LogP contribution in [-0.2, 0) is 5.41 Å². The third kappa shape index (κ3) is 3.64. The first-order chi connectivity index (χ1) is 24.8. The Morgan fingerprint density at radius 1 is 0.520 bits per heavy atom. The zero-order valence-electron chi connectivity index (χ0n) is 27.2. The van der Waals surface area contributed by atoms with Crippen LogP contribution in [-0.4, -0.2) is 9.97 Å². The Morgan fingerprint density at radius 3 is 1.80 bits per heavy atom. The molecule has 3 heteroatoms. The lowest BCUT2D eigenvalue weighted by molar-refractivity contribution is 0.666. The average Bonchev–Trinajstić information content (AvgIpc) is 3.83. The van der Waals surface area contributed by atoms with Gasteiger partial charge >= 0.3 is 0 Å². The van der Waals surface area contributed by atoms with Crippen LogP contribution in [0.2, 0.25) is 0 Å². The predicted octanol–water partition coefficient (Wildman–Crippen LogP) is 11.8. The molecule has 0 N–H and O–H groups in total. The van der Waals surface area contributed by atoms with E-state index >= 15 is 0 Å². The molecule has 0 bridgehead atoms. The largest absolute Gasteiger partial charge is 0.455 e. The van der Waals surface area contributed by atoms with Crippen molar-refractivity contribution in [2.24, 2.45) is 0 Å². The number of hydrogen-bond acceptors (Lipinski definition) is 3. The Bertz CT molecular complexity index is 2650. The molecule has 8 aromatic rings. The minimum absolute atomic E-state index is 0.373. The number of benzene rings is 6.